The van der Waals surface area contributed by atoms with Crippen LogP contribution in [0.25, 0.3) is 0 Å². The number of rotatable bonds is 4. The third kappa shape index (κ3) is 3.91. The molecule has 0 saturated carbocycles. The molecule has 8 nitrogen and oxygen atoms in total. The number of hydrogen-bond acceptors (Lipinski definition) is 6. The van der Waals surface area contributed by atoms with E-state index in [4.69, 9.17) is 4.74 Å². The summed E-state index contributed by atoms with van der Waals surface area (Å²) >= 11 is 0. The number of nitrogens with zero attached hydrogens (tertiary/aromatic N) is 5. The SMILES string of the molecule is Cc1cccc(C(=O)N2CCO[C@@H](CN(C)c3nccn(C)c3=O)C2)n1. The molecular weight excluding hydrogens is 334 g/mol. The molecule has 1 aliphatic rings. The smallest absolute Gasteiger partial charge is 0.293 e. The number of morpholine rings is 1. The zero-order valence-corrected chi connectivity index (χ0v) is 15.3. The molecule has 0 spiro atoms. The molecule has 138 valence electrons. The van der Waals surface area contributed by atoms with Gasteiger partial charge in [0.2, 0.25) is 0 Å². The Morgan fingerprint density at radius 1 is 1.42 bits per heavy atom. The molecule has 0 aliphatic carbocycles. The minimum atomic E-state index is -0.200. The number of amides is 1. The number of ether oxygens (including phenoxy) is 1. The Labute approximate surface area is 152 Å². The second kappa shape index (κ2) is 7.65. The molecule has 1 fully saturated rings. The van der Waals surface area contributed by atoms with Crippen LogP contribution in [0.2, 0.25) is 0 Å². The molecule has 26 heavy (non-hydrogen) atoms. The predicted molar refractivity (Wildman–Crippen MR) is 97.4 cm³/mol. The van der Waals surface area contributed by atoms with Crippen molar-refractivity contribution in [3.63, 3.8) is 0 Å². The van der Waals surface area contributed by atoms with E-state index in [1.165, 1.54) is 4.57 Å². The van der Waals surface area contributed by atoms with Crippen LogP contribution in [0.3, 0.4) is 0 Å². The van der Waals surface area contributed by atoms with Crippen molar-refractivity contribution < 1.29 is 9.53 Å². The Bertz CT molecular complexity index is 851. The van der Waals surface area contributed by atoms with Gasteiger partial charge in [-0.15, -0.1) is 0 Å². The summed E-state index contributed by atoms with van der Waals surface area (Å²) in [6.45, 7) is 3.76. The Kier molecular flexibility index (Phi) is 5.32. The van der Waals surface area contributed by atoms with Gasteiger partial charge < -0.3 is 19.1 Å². The Hall–Kier alpha value is -2.74. The minimum absolute atomic E-state index is 0.0987. The van der Waals surface area contributed by atoms with Gasteiger partial charge >= 0.3 is 0 Å². The largest absolute Gasteiger partial charge is 0.373 e. The number of likely N-dealkylation sites (N-methyl/N-ethyl adjacent to an activating group) is 1. The number of anilines is 1. The molecule has 1 amide bonds. The quantitative estimate of drug-likeness (QED) is 0.791. The molecule has 3 heterocycles. The molecule has 0 radical (unpaired) electrons. The molecule has 3 rings (SSSR count). The molecule has 8 heteroatoms. The summed E-state index contributed by atoms with van der Waals surface area (Å²) in [5.74, 6) is 0.265. The number of aromatic nitrogens is 3. The van der Waals surface area contributed by atoms with Crippen molar-refractivity contribution in [1.29, 1.82) is 0 Å². The highest BCUT2D eigenvalue weighted by molar-refractivity contribution is 5.92. The van der Waals surface area contributed by atoms with Crippen molar-refractivity contribution in [2.45, 2.75) is 13.0 Å². The number of hydrogen-bond donors (Lipinski definition) is 0. The Morgan fingerprint density at radius 2 is 2.23 bits per heavy atom. The van der Waals surface area contributed by atoms with Gasteiger partial charge in [0.1, 0.15) is 5.69 Å². The normalized spacial score (nSPS) is 17.2. The molecule has 0 aromatic carbocycles. The first-order valence-electron chi connectivity index (χ1n) is 8.53. The van der Waals surface area contributed by atoms with Crippen molar-refractivity contribution in [2.75, 3.05) is 38.2 Å². The number of carbonyl (C=O) groups is 1. The molecule has 1 aliphatic heterocycles. The third-order valence-corrected chi connectivity index (χ3v) is 4.37. The van der Waals surface area contributed by atoms with E-state index < -0.39 is 0 Å². The second-order valence-corrected chi connectivity index (χ2v) is 6.46. The lowest BCUT2D eigenvalue weighted by molar-refractivity contribution is -0.0174. The zero-order chi connectivity index (χ0) is 18.7. The lowest BCUT2D eigenvalue weighted by Gasteiger charge is -2.34. The second-order valence-electron chi connectivity index (χ2n) is 6.46. The molecule has 2 aromatic rings. The van der Waals surface area contributed by atoms with E-state index in [1.807, 2.05) is 19.1 Å². The first-order chi connectivity index (χ1) is 12.5. The van der Waals surface area contributed by atoms with Crippen LogP contribution < -0.4 is 10.5 Å². The highest BCUT2D eigenvalue weighted by atomic mass is 16.5. The fourth-order valence-electron chi connectivity index (χ4n) is 2.98. The summed E-state index contributed by atoms with van der Waals surface area (Å²) < 4.78 is 7.27. The van der Waals surface area contributed by atoms with Gasteiger partial charge in [-0.25, -0.2) is 9.97 Å². The summed E-state index contributed by atoms with van der Waals surface area (Å²) in [4.78, 5) is 36.9. The van der Waals surface area contributed by atoms with Gasteiger partial charge in [-0.1, -0.05) is 6.07 Å². The van der Waals surface area contributed by atoms with Gasteiger partial charge in [0.15, 0.2) is 5.82 Å². The van der Waals surface area contributed by atoms with Gasteiger partial charge in [-0.05, 0) is 19.1 Å². The summed E-state index contributed by atoms with van der Waals surface area (Å²) in [6, 6.07) is 5.42. The van der Waals surface area contributed by atoms with Gasteiger partial charge in [-0.3, -0.25) is 9.59 Å². The first-order valence-corrected chi connectivity index (χ1v) is 8.53. The molecule has 1 saturated heterocycles. The van der Waals surface area contributed by atoms with Gasteiger partial charge in [0.05, 0.1) is 12.7 Å². The van der Waals surface area contributed by atoms with Crippen molar-refractivity contribution in [2.24, 2.45) is 7.05 Å². The number of aryl methyl sites for hydroxylation is 2. The van der Waals surface area contributed by atoms with Gasteiger partial charge in [-0.2, -0.15) is 0 Å². The van der Waals surface area contributed by atoms with E-state index in [9.17, 15) is 9.59 Å². The lowest BCUT2D eigenvalue weighted by atomic mass is 10.2. The topological polar surface area (TPSA) is 80.6 Å². The van der Waals surface area contributed by atoms with Crippen LogP contribution >= 0.6 is 0 Å². The van der Waals surface area contributed by atoms with Crippen molar-refractivity contribution in [1.82, 2.24) is 19.4 Å². The van der Waals surface area contributed by atoms with Crippen LogP contribution in [-0.4, -0.2) is 64.7 Å². The summed E-state index contributed by atoms with van der Waals surface area (Å²) in [5.41, 5.74) is 1.09. The highest BCUT2D eigenvalue weighted by Gasteiger charge is 2.27. The van der Waals surface area contributed by atoms with Crippen LogP contribution in [0.5, 0.6) is 0 Å². The van der Waals surface area contributed by atoms with Crippen LogP contribution in [0.1, 0.15) is 16.2 Å². The van der Waals surface area contributed by atoms with Crippen molar-refractivity contribution in [3.8, 4) is 0 Å². The average Bonchev–Trinajstić information content (AvgIpc) is 2.63. The monoisotopic (exact) mass is 357 g/mol. The van der Waals surface area contributed by atoms with E-state index in [0.717, 1.165) is 5.69 Å². The number of carbonyl (C=O) groups excluding carboxylic acids is 1. The lowest BCUT2D eigenvalue weighted by Crippen LogP contribution is -2.50. The van der Waals surface area contributed by atoms with Crippen LogP contribution in [-0.2, 0) is 11.8 Å². The zero-order valence-electron chi connectivity index (χ0n) is 15.3. The molecule has 1 atom stereocenters. The van der Waals surface area contributed by atoms with Gasteiger partial charge in [0.25, 0.3) is 11.5 Å². The molecule has 2 aromatic heterocycles. The maximum Gasteiger partial charge on any atom is 0.293 e. The summed E-state index contributed by atoms with van der Waals surface area (Å²) in [5, 5.41) is 0. The molecule has 0 N–H and O–H groups in total. The number of pyridine rings is 1. The average molecular weight is 357 g/mol. The predicted octanol–water partition coefficient (Wildman–Crippen LogP) is 0.461. The fourth-order valence-corrected chi connectivity index (χ4v) is 2.98. The van der Waals surface area contributed by atoms with Crippen LogP contribution in [0, 0.1) is 6.92 Å². The van der Waals surface area contributed by atoms with Crippen LogP contribution in [0.15, 0.2) is 35.4 Å². The van der Waals surface area contributed by atoms with E-state index in [1.54, 1.807) is 42.4 Å². The molecular formula is C18H23N5O3. The molecule has 0 unspecified atom stereocenters. The van der Waals surface area contributed by atoms with Crippen molar-refractivity contribution >= 4 is 11.7 Å². The minimum Gasteiger partial charge on any atom is -0.373 e. The standard InChI is InChI=1S/C18H23N5O3/c1-13-5-4-6-15(20-13)17(24)23-9-10-26-14(12-23)11-22(3)16-18(25)21(2)8-7-19-16/h4-8,14H,9-12H2,1-3H3/t14-/m0/s1. The van der Waals surface area contributed by atoms with Crippen LogP contribution in [0.4, 0.5) is 5.82 Å². The van der Waals surface area contributed by atoms with E-state index in [0.29, 0.717) is 37.8 Å². The van der Waals surface area contributed by atoms with E-state index >= 15 is 0 Å². The fraction of sp³-hybridized carbons (Fsp3) is 0.444. The first kappa shape index (κ1) is 18.1. The summed E-state index contributed by atoms with van der Waals surface area (Å²) in [7, 11) is 3.49. The highest BCUT2D eigenvalue weighted by Crippen LogP contribution is 2.12. The maximum atomic E-state index is 12.7. The van der Waals surface area contributed by atoms with Crippen molar-refractivity contribution in [3.05, 3.63) is 52.3 Å². The Morgan fingerprint density at radius 3 is 3.00 bits per heavy atom. The summed E-state index contributed by atoms with van der Waals surface area (Å²) in [6.07, 6.45) is 3.01. The van der Waals surface area contributed by atoms with E-state index in [2.05, 4.69) is 9.97 Å². The van der Waals surface area contributed by atoms with Gasteiger partial charge in [0, 0.05) is 51.8 Å². The third-order valence-electron chi connectivity index (χ3n) is 4.37. The Balaban J connectivity index is 1.67. The maximum absolute atomic E-state index is 12.7. The molecule has 0 bridgehead atoms. The van der Waals surface area contributed by atoms with E-state index in [-0.39, 0.29) is 17.6 Å².